The molecule has 0 heterocycles. The number of rotatable bonds is 7. The van der Waals surface area contributed by atoms with Gasteiger partial charge in [0.25, 0.3) is 0 Å². The summed E-state index contributed by atoms with van der Waals surface area (Å²) in [5.74, 6) is 0.0975. The average molecular weight is 321 g/mol. The molecule has 1 aliphatic rings. The smallest absolute Gasteiger partial charge is 0.225 e. The van der Waals surface area contributed by atoms with Gasteiger partial charge in [-0.3, -0.25) is 4.79 Å². The first kappa shape index (κ1) is 17.4. The molecular weight excluding hydrogens is 292 g/mol. The van der Waals surface area contributed by atoms with Gasteiger partial charge < -0.3 is 10.6 Å². The molecule has 1 aromatic rings. The molecule has 3 atom stereocenters. The third kappa shape index (κ3) is 5.03. The van der Waals surface area contributed by atoms with Crippen molar-refractivity contribution in [2.75, 3.05) is 11.6 Å². The zero-order valence-corrected chi connectivity index (χ0v) is 14.7. The van der Waals surface area contributed by atoms with E-state index < -0.39 is 0 Å². The second-order valence-corrected chi connectivity index (χ2v) is 7.34. The summed E-state index contributed by atoms with van der Waals surface area (Å²) in [6.45, 7) is 4.22. The molecule has 4 heteroatoms. The highest BCUT2D eigenvalue weighted by atomic mass is 32.2. The topological polar surface area (TPSA) is 41.1 Å². The van der Waals surface area contributed by atoms with Gasteiger partial charge in [0.1, 0.15) is 0 Å². The Kier molecular flexibility index (Phi) is 6.77. The van der Waals surface area contributed by atoms with E-state index in [1.807, 2.05) is 30.0 Å². The molecule has 3 nitrogen and oxygen atoms in total. The van der Waals surface area contributed by atoms with E-state index in [1.54, 1.807) is 0 Å². The summed E-state index contributed by atoms with van der Waals surface area (Å²) in [5.41, 5.74) is 2.14. The fourth-order valence-corrected chi connectivity index (χ4v) is 3.99. The number of hydrogen-bond acceptors (Lipinski definition) is 3. The normalized spacial score (nSPS) is 22.5. The minimum absolute atomic E-state index is 0.0975. The Balaban J connectivity index is 1.79. The number of nitrogens with one attached hydrogen (secondary N) is 2. The van der Waals surface area contributed by atoms with E-state index >= 15 is 0 Å². The van der Waals surface area contributed by atoms with Crippen LogP contribution in [0.3, 0.4) is 0 Å². The molecule has 0 radical (unpaired) electrons. The fraction of sp³-hybridized carbons (Fsp3) is 0.611. The van der Waals surface area contributed by atoms with Crippen molar-refractivity contribution in [3.63, 3.8) is 0 Å². The minimum atomic E-state index is 0.0975. The quantitative estimate of drug-likeness (QED) is 0.802. The molecule has 0 unspecified atom stereocenters. The first-order valence-corrected chi connectivity index (χ1v) is 9.57. The third-order valence-corrected chi connectivity index (χ3v) is 5.50. The van der Waals surface area contributed by atoms with Gasteiger partial charge in [0, 0.05) is 29.4 Å². The van der Waals surface area contributed by atoms with Gasteiger partial charge >= 0.3 is 0 Å². The Labute approximate surface area is 138 Å². The fourth-order valence-electron chi connectivity index (χ4n) is 3.20. The van der Waals surface area contributed by atoms with Crippen LogP contribution in [0.4, 0.5) is 5.69 Å². The molecule has 1 fully saturated rings. The predicted molar refractivity (Wildman–Crippen MR) is 96.6 cm³/mol. The van der Waals surface area contributed by atoms with Gasteiger partial charge in [-0.1, -0.05) is 25.1 Å². The summed E-state index contributed by atoms with van der Waals surface area (Å²) in [5, 5.41) is 7.46. The van der Waals surface area contributed by atoms with Crippen molar-refractivity contribution in [2.24, 2.45) is 0 Å². The van der Waals surface area contributed by atoms with Crippen LogP contribution in [0.15, 0.2) is 24.3 Å². The maximum atomic E-state index is 12.2. The van der Waals surface area contributed by atoms with Crippen LogP contribution in [0.5, 0.6) is 0 Å². The summed E-state index contributed by atoms with van der Waals surface area (Å²) >= 11 is 1.96. The van der Waals surface area contributed by atoms with E-state index in [0.717, 1.165) is 17.4 Å². The van der Waals surface area contributed by atoms with Gasteiger partial charge in [-0.2, -0.15) is 11.8 Å². The van der Waals surface area contributed by atoms with Crippen molar-refractivity contribution in [3.8, 4) is 0 Å². The Morgan fingerprint density at radius 1 is 1.36 bits per heavy atom. The lowest BCUT2D eigenvalue weighted by atomic mass is 10.1. The first-order chi connectivity index (χ1) is 10.6. The Hall–Kier alpha value is -1.000. The summed E-state index contributed by atoms with van der Waals surface area (Å²) in [6.07, 6.45) is 7.40. The summed E-state index contributed by atoms with van der Waals surface area (Å²) < 4.78 is 0. The highest BCUT2D eigenvalue weighted by molar-refractivity contribution is 7.99. The highest BCUT2D eigenvalue weighted by Crippen LogP contribution is 2.28. The molecular formula is C18H28N2OS. The van der Waals surface area contributed by atoms with Crippen LogP contribution in [0.2, 0.25) is 0 Å². The second-order valence-electron chi connectivity index (χ2n) is 6.20. The van der Waals surface area contributed by atoms with E-state index in [1.165, 1.54) is 24.8 Å². The van der Waals surface area contributed by atoms with E-state index in [-0.39, 0.29) is 11.9 Å². The minimum Gasteiger partial charge on any atom is -0.326 e. The van der Waals surface area contributed by atoms with Gasteiger partial charge in [0.05, 0.1) is 0 Å². The van der Waals surface area contributed by atoms with Crippen LogP contribution in [-0.4, -0.2) is 29.5 Å². The molecule has 0 bridgehead atoms. The van der Waals surface area contributed by atoms with Crippen molar-refractivity contribution in [2.45, 2.75) is 63.3 Å². The highest BCUT2D eigenvalue weighted by Gasteiger charge is 2.25. The molecule has 0 saturated heterocycles. The second kappa shape index (κ2) is 8.59. The lowest BCUT2D eigenvalue weighted by molar-refractivity contribution is -0.116. The van der Waals surface area contributed by atoms with Gasteiger partial charge in [-0.15, -0.1) is 0 Å². The van der Waals surface area contributed by atoms with E-state index in [0.29, 0.717) is 12.5 Å². The molecule has 1 saturated carbocycles. The van der Waals surface area contributed by atoms with Crippen LogP contribution in [-0.2, 0) is 11.2 Å². The molecule has 2 rings (SSSR count). The Morgan fingerprint density at radius 3 is 2.82 bits per heavy atom. The zero-order valence-electron chi connectivity index (χ0n) is 13.9. The van der Waals surface area contributed by atoms with Gasteiger partial charge in [0.15, 0.2) is 0 Å². The molecule has 1 aromatic carbocycles. The predicted octanol–water partition coefficient (Wildman–Crippen LogP) is 3.84. The maximum Gasteiger partial charge on any atom is 0.225 e. The number of aryl methyl sites for hydroxylation is 1. The van der Waals surface area contributed by atoms with Crippen LogP contribution < -0.4 is 10.6 Å². The molecule has 0 aliphatic heterocycles. The zero-order chi connectivity index (χ0) is 15.9. The number of benzene rings is 1. The lowest BCUT2D eigenvalue weighted by Crippen LogP contribution is -2.37. The number of amides is 1. The van der Waals surface area contributed by atoms with Crippen LogP contribution >= 0.6 is 11.8 Å². The monoisotopic (exact) mass is 320 g/mol. The first-order valence-electron chi connectivity index (χ1n) is 8.29. The molecule has 2 N–H and O–H groups in total. The molecule has 122 valence electrons. The van der Waals surface area contributed by atoms with Crippen molar-refractivity contribution in [1.82, 2.24) is 5.32 Å². The molecule has 0 spiro atoms. The standard InChI is InChI=1S/C18H28N2OS/c1-4-14-7-5-6-8-17(14)20-18(21)11-13(2)19-15-9-10-16(12-15)22-3/h5-8,13,15-16,19H,4,9-12H2,1-3H3,(H,20,21)/t13-,15+,16+/m0/s1. The number of carbonyl (C=O) groups excluding carboxylic acids is 1. The van der Waals surface area contributed by atoms with Gasteiger partial charge in [-0.25, -0.2) is 0 Å². The van der Waals surface area contributed by atoms with Crippen molar-refractivity contribution in [1.29, 1.82) is 0 Å². The maximum absolute atomic E-state index is 12.2. The van der Waals surface area contributed by atoms with E-state index in [9.17, 15) is 4.79 Å². The van der Waals surface area contributed by atoms with Gasteiger partial charge in [-0.05, 0) is 50.5 Å². The number of thioether (sulfide) groups is 1. The number of carbonyl (C=O) groups is 1. The molecule has 1 aliphatic carbocycles. The van der Waals surface area contributed by atoms with Crippen molar-refractivity contribution >= 4 is 23.4 Å². The average Bonchev–Trinajstić information content (AvgIpc) is 2.95. The molecule has 22 heavy (non-hydrogen) atoms. The van der Waals surface area contributed by atoms with Crippen LogP contribution in [0.1, 0.15) is 45.1 Å². The van der Waals surface area contributed by atoms with Crippen molar-refractivity contribution < 1.29 is 4.79 Å². The third-order valence-electron chi connectivity index (χ3n) is 4.40. The van der Waals surface area contributed by atoms with Gasteiger partial charge in [0.2, 0.25) is 5.91 Å². The van der Waals surface area contributed by atoms with E-state index in [4.69, 9.17) is 0 Å². The van der Waals surface area contributed by atoms with E-state index in [2.05, 4.69) is 36.8 Å². The summed E-state index contributed by atoms with van der Waals surface area (Å²) in [4.78, 5) is 12.2. The van der Waals surface area contributed by atoms with Crippen LogP contribution in [0, 0.1) is 0 Å². The van der Waals surface area contributed by atoms with Crippen LogP contribution in [0.25, 0.3) is 0 Å². The Bertz CT molecular complexity index is 492. The molecule has 0 aromatic heterocycles. The number of anilines is 1. The largest absolute Gasteiger partial charge is 0.326 e. The Morgan fingerprint density at radius 2 is 2.14 bits per heavy atom. The number of hydrogen-bond donors (Lipinski definition) is 2. The number of para-hydroxylation sites is 1. The van der Waals surface area contributed by atoms with Crippen molar-refractivity contribution in [3.05, 3.63) is 29.8 Å². The lowest BCUT2D eigenvalue weighted by Gasteiger charge is -2.19. The molecule has 1 amide bonds. The summed E-state index contributed by atoms with van der Waals surface area (Å²) in [7, 11) is 0. The summed E-state index contributed by atoms with van der Waals surface area (Å²) in [6, 6.07) is 8.83. The SMILES string of the molecule is CCc1ccccc1NC(=O)C[C@H](C)N[C@@H]1CC[C@@H](SC)C1.